The van der Waals surface area contributed by atoms with Gasteiger partial charge in [-0.2, -0.15) is 0 Å². The van der Waals surface area contributed by atoms with E-state index in [0.717, 1.165) is 24.2 Å². The van der Waals surface area contributed by atoms with Crippen molar-refractivity contribution >= 4 is 11.7 Å². The van der Waals surface area contributed by atoms with E-state index in [0.29, 0.717) is 18.1 Å². The lowest BCUT2D eigenvalue weighted by atomic mass is 9.95. The second kappa shape index (κ2) is 8.46. The van der Waals surface area contributed by atoms with Crippen LogP contribution in [0.2, 0.25) is 0 Å². The second-order valence-corrected chi connectivity index (χ2v) is 6.26. The number of ether oxygens (including phenoxy) is 1. The average Bonchev–Trinajstić information content (AvgIpc) is 2.67. The van der Waals surface area contributed by atoms with E-state index in [1.54, 1.807) is 13.2 Å². The van der Waals surface area contributed by atoms with Gasteiger partial charge in [0.1, 0.15) is 23.6 Å². The van der Waals surface area contributed by atoms with Crippen LogP contribution in [0.1, 0.15) is 48.2 Å². The molecule has 0 aliphatic heterocycles. The van der Waals surface area contributed by atoms with Crippen LogP contribution < -0.4 is 15.4 Å². The normalized spacial score (nSPS) is 14.8. The van der Waals surface area contributed by atoms with Crippen LogP contribution in [0.4, 0.5) is 5.82 Å². The maximum absolute atomic E-state index is 12.4. The summed E-state index contributed by atoms with van der Waals surface area (Å²) in [6.07, 6.45) is 7.14. The van der Waals surface area contributed by atoms with E-state index < -0.39 is 0 Å². The Morgan fingerprint density at radius 1 is 1.20 bits per heavy atom. The quantitative estimate of drug-likeness (QED) is 0.845. The molecule has 0 spiro atoms. The molecule has 0 atom stereocenters. The third kappa shape index (κ3) is 4.68. The molecule has 1 amide bonds. The van der Waals surface area contributed by atoms with Crippen molar-refractivity contribution in [3.63, 3.8) is 0 Å². The minimum atomic E-state index is -0.130. The zero-order valence-electron chi connectivity index (χ0n) is 14.5. The summed E-state index contributed by atoms with van der Waals surface area (Å²) in [6, 6.07) is 9.75. The summed E-state index contributed by atoms with van der Waals surface area (Å²) in [5, 5.41) is 6.30. The van der Waals surface area contributed by atoms with Crippen LogP contribution >= 0.6 is 0 Å². The fourth-order valence-electron chi connectivity index (χ4n) is 3.12. The van der Waals surface area contributed by atoms with E-state index in [9.17, 15) is 4.79 Å². The molecule has 0 unspecified atom stereocenters. The van der Waals surface area contributed by atoms with E-state index in [-0.39, 0.29) is 11.9 Å². The van der Waals surface area contributed by atoms with Crippen LogP contribution in [0.5, 0.6) is 5.75 Å². The maximum Gasteiger partial charge on any atom is 0.270 e. The lowest BCUT2D eigenvalue weighted by Crippen LogP contribution is -2.36. The van der Waals surface area contributed by atoms with Gasteiger partial charge in [0.25, 0.3) is 5.91 Å². The van der Waals surface area contributed by atoms with Crippen molar-refractivity contribution in [1.29, 1.82) is 0 Å². The highest BCUT2D eigenvalue weighted by atomic mass is 16.5. The minimum absolute atomic E-state index is 0.130. The largest absolute Gasteiger partial charge is 0.496 e. The van der Waals surface area contributed by atoms with E-state index in [1.807, 2.05) is 24.3 Å². The van der Waals surface area contributed by atoms with Crippen LogP contribution in [0.15, 0.2) is 36.7 Å². The maximum atomic E-state index is 12.4. The van der Waals surface area contributed by atoms with E-state index in [1.165, 1.54) is 25.6 Å². The lowest BCUT2D eigenvalue weighted by molar-refractivity contribution is 0.0922. The summed E-state index contributed by atoms with van der Waals surface area (Å²) in [5.74, 6) is 1.31. The lowest BCUT2D eigenvalue weighted by Gasteiger charge is -2.22. The van der Waals surface area contributed by atoms with Gasteiger partial charge in [0.05, 0.1) is 7.11 Å². The van der Waals surface area contributed by atoms with E-state index in [4.69, 9.17) is 4.74 Å². The van der Waals surface area contributed by atoms with Crippen molar-refractivity contribution in [2.45, 2.75) is 44.7 Å². The second-order valence-electron chi connectivity index (χ2n) is 6.26. The van der Waals surface area contributed by atoms with E-state index >= 15 is 0 Å². The number of anilines is 1. The molecule has 2 N–H and O–H groups in total. The third-order valence-corrected chi connectivity index (χ3v) is 4.49. The summed E-state index contributed by atoms with van der Waals surface area (Å²) in [4.78, 5) is 20.7. The molecule has 1 aliphatic rings. The number of hydrogen-bond donors (Lipinski definition) is 2. The Morgan fingerprint density at radius 2 is 2.00 bits per heavy atom. The number of amides is 1. The zero-order chi connectivity index (χ0) is 17.5. The number of methoxy groups -OCH3 is 1. The van der Waals surface area contributed by atoms with Gasteiger partial charge in [-0.15, -0.1) is 0 Å². The molecule has 1 aromatic carbocycles. The highest BCUT2D eigenvalue weighted by molar-refractivity contribution is 5.93. The molecule has 1 saturated carbocycles. The van der Waals surface area contributed by atoms with Crippen molar-refractivity contribution in [2.75, 3.05) is 12.4 Å². The molecular formula is C19H24N4O2. The summed E-state index contributed by atoms with van der Waals surface area (Å²) in [7, 11) is 1.65. The van der Waals surface area contributed by atoms with Gasteiger partial charge in [-0.1, -0.05) is 37.5 Å². The van der Waals surface area contributed by atoms with Crippen LogP contribution in [0, 0.1) is 0 Å². The third-order valence-electron chi connectivity index (χ3n) is 4.49. The SMILES string of the molecule is COc1ccccc1CNc1cc(C(=O)NC2CCCCC2)ncn1. The number of nitrogens with one attached hydrogen (secondary N) is 2. The number of carbonyl (C=O) groups excluding carboxylic acids is 1. The van der Waals surface area contributed by atoms with Gasteiger partial charge >= 0.3 is 0 Å². The monoisotopic (exact) mass is 340 g/mol. The summed E-state index contributed by atoms with van der Waals surface area (Å²) >= 11 is 0. The molecule has 2 aromatic rings. The van der Waals surface area contributed by atoms with Gasteiger partial charge in [-0.25, -0.2) is 9.97 Å². The first-order valence-electron chi connectivity index (χ1n) is 8.75. The predicted molar refractivity (Wildman–Crippen MR) is 96.7 cm³/mol. The van der Waals surface area contributed by atoms with Crippen molar-refractivity contribution in [2.24, 2.45) is 0 Å². The molecule has 1 fully saturated rings. The Bertz CT molecular complexity index is 714. The van der Waals surface area contributed by atoms with Gasteiger partial charge in [0.2, 0.25) is 0 Å². The smallest absolute Gasteiger partial charge is 0.270 e. The van der Waals surface area contributed by atoms with Crippen molar-refractivity contribution in [3.05, 3.63) is 47.9 Å². The predicted octanol–water partition coefficient (Wildman–Crippen LogP) is 3.16. The van der Waals surface area contributed by atoms with Crippen molar-refractivity contribution < 1.29 is 9.53 Å². The number of benzene rings is 1. The molecule has 25 heavy (non-hydrogen) atoms. The average molecular weight is 340 g/mol. The van der Waals surface area contributed by atoms with Gasteiger partial charge < -0.3 is 15.4 Å². The zero-order valence-corrected chi connectivity index (χ0v) is 14.5. The minimum Gasteiger partial charge on any atom is -0.496 e. The highest BCUT2D eigenvalue weighted by Crippen LogP contribution is 2.19. The Hall–Kier alpha value is -2.63. The molecule has 6 heteroatoms. The topological polar surface area (TPSA) is 76.1 Å². The number of aromatic nitrogens is 2. The first kappa shape index (κ1) is 17.2. The molecule has 6 nitrogen and oxygen atoms in total. The molecule has 0 saturated heterocycles. The molecule has 1 aromatic heterocycles. The number of hydrogen-bond acceptors (Lipinski definition) is 5. The Morgan fingerprint density at radius 3 is 2.80 bits per heavy atom. The van der Waals surface area contributed by atoms with Crippen LogP contribution in [0.25, 0.3) is 0 Å². The van der Waals surface area contributed by atoms with Crippen LogP contribution in [0.3, 0.4) is 0 Å². The van der Waals surface area contributed by atoms with Gasteiger partial charge in [0.15, 0.2) is 0 Å². The van der Waals surface area contributed by atoms with Crippen LogP contribution in [-0.2, 0) is 6.54 Å². The molecule has 0 bridgehead atoms. The van der Waals surface area contributed by atoms with Gasteiger partial charge in [0, 0.05) is 24.2 Å². The molecule has 0 radical (unpaired) electrons. The Labute approximate surface area is 148 Å². The van der Waals surface area contributed by atoms with Gasteiger partial charge in [-0.05, 0) is 18.9 Å². The molecule has 3 rings (SSSR count). The number of nitrogens with zero attached hydrogens (tertiary/aromatic N) is 2. The standard InChI is InChI=1S/C19H24N4O2/c1-25-17-10-6-5-7-14(17)12-20-18-11-16(21-13-22-18)19(24)23-15-8-3-2-4-9-15/h5-7,10-11,13,15H,2-4,8-9,12H2,1H3,(H,23,24)(H,20,21,22). The molecule has 1 aliphatic carbocycles. The number of carbonyl (C=O) groups is 1. The van der Waals surface area contributed by atoms with Crippen LogP contribution in [-0.4, -0.2) is 29.0 Å². The first-order chi connectivity index (χ1) is 12.3. The number of rotatable bonds is 6. The number of para-hydroxylation sites is 1. The van der Waals surface area contributed by atoms with Crippen molar-refractivity contribution in [3.8, 4) is 5.75 Å². The van der Waals surface area contributed by atoms with Crippen molar-refractivity contribution in [1.82, 2.24) is 15.3 Å². The molecular weight excluding hydrogens is 316 g/mol. The molecule has 132 valence electrons. The fourth-order valence-corrected chi connectivity index (χ4v) is 3.12. The van der Waals surface area contributed by atoms with E-state index in [2.05, 4.69) is 20.6 Å². The fraction of sp³-hybridized carbons (Fsp3) is 0.421. The Kier molecular flexibility index (Phi) is 5.82. The first-order valence-corrected chi connectivity index (χ1v) is 8.75. The highest BCUT2D eigenvalue weighted by Gasteiger charge is 2.17. The Balaban J connectivity index is 1.61. The summed E-state index contributed by atoms with van der Waals surface area (Å²) in [5.41, 5.74) is 1.42. The summed E-state index contributed by atoms with van der Waals surface area (Å²) < 4.78 is 5.34. The summed E-state index contributed by atoms with van der Waals surface area (Å²) in [6.45, 7) is 0.560. The van der Waals surface area contributed by atoms with Gasteiger partial charge in [-0.3, -0.25) is 4.79 Å². The molecule has 1 heterocycles.